The number of amides is 2. The minimum Gasteiger partial charge on any atom is -0.550 e. The van der Waals surface area contributed by atoms with Gasteiger partial charge in [-0.15, -0.1) is 0 Å². The molecule has 0 aliphatic carbocycles. The van der Waals surface area contributed by atoms with E-state index in [1.165, 1.54) is 6.07 Å². The highest BCUT2D eigenvalue weighted by atomic mass is 16.4. The number of nitrogens with one attached hydrogen (secondary N) is 2. The molecule has 2 aromatic carbocycles. The Kier molecular flexibility index (Phi) is 5.89. The molecular formula is C19H19N2O4-. The Morgan fingerprint density at radius 3 is 2.20 bits per heavy atom. The Morgan fingerprint density at radius 1 is 0.880 bits per heavy atom. The molecule has 0 saturated carbocycles. The van der Waals surface area contributed by atoms with Crippen molar-refractivity contribution >= 4 is 29.2 Å². The van der Waals surface area contributed by atoms with E-state index in [9.17, 15) is 19.5 Å². The van der Waals surface area contributed by atoms with Crippen LogP contribution in [0.2, 0.25) is 0 Å². The lowest BCUT2D eigenvalue weighted by atomic mass is 10.1. The van der Waals surface area contributed by atoms with Crippen molar-refractivity contribution in [2.45, 2.75) is 26.7 Å². The van der Waals surface area contributed by atoms with Crippen molar-refractivity contribution in [2.75, 3.05) is 10.6 Å². The maximum Gasteiger partial charge on any atom is 0.255 e. The zero-order chi connectivity index (χ0) is 18.4. The first-order valence-electron chi connectivity index (χ1n) is 7.83. The second kappa shape index (κ2) is 8.10. The molecule has 2 N–H and O–H groups in total. The third kappa shape index (κ3) is 5.76. The van der Waals surface area contributed by atoms with Gasteiger partial charge in [-0.2, -0.15) is 0 Å². The molecule has 130 valence electrons. The third-order valence-corrected chi connectivity index (χ3v) is 3.44. The highest BCUT2D eigenvalue weighted by Crippen LogP contribution is 2.17. The predicted octanol–water partition coefficient (Wildman–Crippen LogP) is 2.02. The fourth-order valence-corrected chi connectivity index (χ4v) is 2.43. The van der Waals surface area contributed by atoms with Gasteiger partial charge in [0.25, 0.3) is 5.91 Å². The molecule has 2 aromatic rings. The van der Waals surface area contributed by atoms with Crippen molar-refractivity contribution in [2.24, 2.45) is 0 Å². The van der Waals surface area contributed by atoms with Crippen LogP contribution in [0.3, 0.4) is 0 Å². The van der Waals surface area contributed by atoms with Gasteiger partial charge in [0, 0.05) is 29.3 Å². The van der Waals surface area contributed by atoms with Crippen molar-refractivity contribution in [3.05, 3.63) is 59.2 Å². The summed E-state index contributed by atoms with van der Waals surface area (Å²) in [5.41, 5.74) is 3.60. The molecule has 6 nitrogen and oxygen atoms in total. The van der Waals surface area contributed by atoms with Crippen LogP contribution in [-0.4, -0.2) is 17.8 Å². The molecule has 0 heterocycles. The highest BCUT2D eigenvalue weighted by Gasteiger charge is 2.09. The topological polar surface area (TPSA) is 98.3 Å². The third-order valence-electron chi connectivity index (χ3n) is 3.44. The first kappa shape index (κ1) is 18.2. The number of carboxylic acids is 1. The molecule has 0 atom stereocenters. The predicted molar refractivity (Wildman–Crippen MR) is 93.2 cm³/mol. The minimum absolute atomic E-state index is 0.179. The van der Waals surface area contributed by atoms with Gasteiger partial charge < -0.3 is 20.5 Å². The van der Waals surface area contributed by atoms with Crippen LogP contribution in [0, 0.1) is 13.8 Å². The van der Waals surface area contributed by atoms with E-state index in [1.54, 1.807) is 18.2 Å². The Morgan fingerprint density at radius 2 is 1.56 bits per heavy atom. The first-order valence-corrected chi connectivity index (χ1v) is 7.83. The number of carbonyl (C=O) groups is 3. The molecule has 0 fully saturated rings. The molecule has 0 unspecified atom stereocenters. The highest BCUT2D eigenvalue weighted by molar-refractivity contribution is 6.05. The first-order chi connectivity index (χ1) is 11.8. The summed E-state index contributed by atoms with van der Waals surface area (Å²) in [6, 6.07) is 12.2. The molecule has 0 aromatic heterocycles. The van der Waals surface area contributed by atoms with E-state index in [4.69, 9.17) is 0 Å². The van der Waals surface area contributed by atoms with Gasteiger partial charge in [0.05, 0.1) is 0 Å². The summed E-state index contributed by atoms with van der Waals surface area (Å²) in [4.78, 5) is 34.4. The zero-order valence-corrected chi connectivity index (χ0v) is 14.1. The summed E-state index contributed by atoms with van der Waals surface area (Å²) in [6.07, 6.45) is -0.528. The van der Waals surface area contributed by atoms with Crippen molar-refractivity contribution in [1.29, 1.82) is 0 Å². The number of hydrogen-bond donors (Lipinski definition) is 2. The zero-order valence-electron chi connectivity index (χ0n) is 14.1. The fourth-order valence-electron chi connectivity index (χ4n) is 2.43. The fraction of sp³-hybridized carbons (Fsp3) is 0.211. The summed E-state index contributed by atoms with van der Waals surface area (Å²) in [7, 11) is 0. The summed E-state index contributed by atoms with van der Waals surface area (Å²) >= 11 is 0. The van der Waals surface area contributed by atoms with Crippen LogP contribution >= 0.6 is 0 Å². The average Bonchev–Trinajstić information content (AvgIpc) is 2.52. The molecule has 0 bridgehead atoms. The van der Waals surface area contributed by atoms with Crippen LogP contribution < -0.4 is 15.7 Å². The molecule has 0 aliphatic rings. The van der Waals surface area contributed by atoms with Gasteiger partial charge in [0.15, 0.2) is 0 Å². The van der Waals surface area contributed by atoms with E-state index in [0.717, 1.165) is 11.1 Å². The van der Waals surface area contributed by atoms with E-state index in [2.05, 4.69) is 10.6 Å². The molecular weight excluding hydrogens is 320 g/mol. The quantitative estimate of drug-likeness (QED) is 0.841. The number of carbonyl (C=O) groups excluding carboxylic acids is 3. The standard InChI is InChI=1S/C19H20N2O4/c1-12-8-13(2)10-16(9-12)21-19(25)14-4-3-5-15(11-14)20-17(22)6-7-18(23)24/h3-5,8-11H,6-7H2,1-2H3,(H,20,22)(H,21,25)(H,23,24)/p-1. The normalized spacial score (nSPS) is 10.2. The van der Waals surface area contributed by atoms with E-state index < -0.39 is 11.9 Å². The van der Waals surface area contributed by atoms with Gasteiger partial charge in [-0.25, -0.2) is 0 Å². The van der Waals surface area contributed by atoms with Crippen molar-refractivity contribution in [1.82, 2.24) is 0 Å². The number of hydrogen-bond acceptors (Lipinski definition) is 4. The number of aryl methyl sites for hydroxylation is 2. The molecule has 2 rings (SSSR count). The van der Waals surface area contributed by atoms with Gasteiger partial charge in [0.1, 0.15) is 0 Å². The summed E-state index contributed by atoms with van der Waals surface area (Å²) in [5, 5.41) is 15.8. The maximum atomic E-state index is 12.4. The van der Waals surface area contributed by atoms with Crippen LogP contribution in [0.5, 0.6) is 0 Å². The Balaban J connectivity index is 2.05. The van der Waals surface area contributed by atoms with E-state index in [0.29, 0.717) is 16.9 Å². The van der Waals surface area contributed by atoms with E-state index in [-0.39, 0.29) is 18.7 Å². The second-order valence-electron chi connectivity index (χ2n) is 5.83. The molecule has 0 saturated heterocycles. The number of rotatable bonds is 6. The van der Waals surface area contributed by atoms with Gasteiger partial charge >= 0.3 is 0 Å². The smallest absolute Gasteiger partial charge is 0.255 e. The average molecular weight is 339 g/mol. The molecule has 0 spiro atoms. The molecule has 6 heteroatoms. The van der Waals surface area contributed by atoms with Gasteiger partial charge in [-0.1, -0.05) is 12.1 Å². The van der Waals surface area contributed by atoms with Crippen molar-refractivity contribution in [3.8, 4) is 0 Å². The second-order valence-corrected chi connectivity index (χ2v) is 5.83. The summed E-state index contributed by atoms with van der Waals surface area (Å²) in [5.74, 6) is -2.02. The Labute approximate surface area is 145 Å². The number of benzene rings is 2. The monoisotopic (exact) mass is 339 g/mol. The summed E-state index contributed by atoms with van der Waals surface area (Å²) < 4.78 is 0. The van der Waals surface area contributed by atoms with Gasteiger partial charge in [0.2, 0.25) is 5.91 Å². The van der Waals surface area contributed by atoms with Crippen LogP contribution in [0.25, 0.3) is 0 Å². The SMILES string of the molecule is Cc1cc(C)cc(NC(=O)c2cccc(NC(=O)CCC(=O)[O-])c2)c1. The van der Waals surface area contributed by atoms with Crippen LogP contribution in [0.4, 0.5) is 11.4 Å². The lowest BCUT2D eigenvalue weighted by molar-refractivity contribution is -0.305. The summed E-state index contributed by atoms with van der Waals surface area (Å²) in [6.45, 7) is 3.90. The number of carboxylic acid groups (broad SMARTS) is 1. The number of aliphatic carboxylic acids is 1. The minimum atomic E-state index is -1.28. The van der Waals surface area contributed by atoms with Gasteiger partial charge in [-0.3, -0.25) is 9.59 Å². The molecule has 0 radical (unpaired) electrons. The molecule has 25 heavy (non-hydrogen) atoms. The molecule has 0 aliphatic heterocycles. The Hall–Kier alpha value is -3.15. The lowest BCUT2D eigenvalue weighted by Crippen LogP contribution is -2.24. The Bertz CT molecular complexity index is 795. The maximum absolute atomic E-state index is 12.4. The van der Waals surface area contributed by atoms with Crippen LogP contribution in [0.1, 0.15) is 34.3 Å². The van der Waals surface area contributed by atoms with Crippen LogP contribution in [0.15, 0.2) is 42.5 Å². The van der Waals surface area contributed by atoms with Crippen LogP contribution in [-0.2, 0) is 9.59 Å². The largest absolute Gasteiger partial charge is 0.550 e. The number of anilines is 2. The van der Waals surface area contributed by atoms with Crippen molar-refractivity contribution in [3.63, 3.8) is 0 Å². The van der Waals surface area contributed by atoms with Gasteiger partial charge in [-0.05, 0) is 61.7 Å². The molecule has 2 amide bonds. The van der Waals surface area contributed by atoms with E-state index >= 15 is 0 Å². The lowest BCUT2D eigenvalue weighted by Gasteiger charge is -2.10. The van der Waals surface area contributed by atoms with Crippen molar-refractivity contribution < 1.29 is 19.5 Å². The van der Waals surface area contributed by atoms with E-state index in [1.807, 2.05) is 32.0 Å².